The fourth-order valence-corrected chi connectivity index (χ4v) is 4.51. The van der Waals surface area contributed by atoms with Gasteiger partial charge in [-0.3, -0.25) is 0 Å². The maximum Gasteiger partial charge on any atom is 0.170 e. The highest BCUT2D eigenvalue weighted by atomic mass is 32.2. The Morgan fingerprint density at radius 3 is 2.88 bits per heavy atom. The van der Waals surface area contributed by atoms with Gasteiger partial charge in [0.05, 0.1) is 29.0 Å². The molecule has 2 aromatic rings. The zero-order chi connectivity index (χ0) is 18.5. The summed E-state index contributed by atoms with van der Waals surface area (Å²) in [4.78, 5) is 2.37. The molecule has 0 amide bonds. The van der Waals surface area contributed by atoms with Crippen LogP contribution in [0.3, 0.4) is 0 Å². The van der Waals surface area contributed by atoms with Crippen molar-refractivity contribution in [3.05, 3.63) is 29.7 Å². The number of piperidine rings is 1. The SMILES string of the molecule is CCN(CCN1CCC(c2noc3cc(F)ccc23)CC1)S(=O)CCO. The van der Waals surface area contributed by atoms with E-state index in [1.807, 2.05) is 11.2 Å². The van der Waals surface area contributed by atoms with Crippen molar-refractivity contribution in [3.8, 4) is 0 Å². The molecule has 6 nitrogen and oxygen atoms in total. The molecule has 0 saturated carbocycles. The number of likely N-dealkylation sites (tertiary alicyclic amines) is 1. The minimum absolute atomic E-state index is 0.0515. The quantitative estimate of drug-likeness (QED) is 0.756. The zero-order valence-corrected chi connectivity index (χ0v) is 15.9. The summed E-state index contributed by atoms with van der Waals surface area (Å²) in [6.07, 6.45) is 1.95. The first-order valence-electron chi connectivity index (χ1n) is 9.13. The predicted molar refractivity (Wildman–Crippen MR) is 99.7 cm³/mol. The van der Waals surface area contributed by atoms with Crippen LogP contribution < -0.4 is 0 Å². The number of aliphatic hydroxyl groups excluding tert-OH is 1. The van der Waals surface area contributed by atoms with Gasteiger partial charge >= 0.3 is 0 Å². The predicted octanol–water partition coefficient (Wildman–Crippen LogP) is 2.12. The molecule has 0 bridgehead atoms. The summed E-state index contributed by atoms with van der Waals surface area (Å²) < 4.78 is 32.5. The van der Waals surface area contributed by atoms with Gasteiger partial charge in [0.2, 0.25) is 0 Å². The van der Waals surface area contributed by atoms with Crippen LogP contribution in [-0.2, 0) is 11.0 Å². The van der Waals surface area contributed by atoms with Crippen molar-refractivity contribution in [2.24, 2.45) is 0 Å². The molecule has 1 aromatic heterocycles. The lowest BCUT2D eigenvalue weighted by Gasteiger charge is -2.32. The van der Waals surface area contributed by atoms with Crippen LogP contribution >= 0.6 is 0 Å². The number of halogens is 1. The third-order valence-corrected chi connectivity index (χ3v) is 6.56. The highest BCUT2D eigenvalue weighted by Crippen LogP contribution is 2.32. The van der Waals surface area contributed by atoms with Crippen molar-refractivity contribution < 1.29 is 18.2 Å². The van der Waals surface area contributed by atoms with Crippen molar-refractivity contribution in [1.29, 1.82) is 0 Å². The Morgan fingerprint density at radius 2 is 2.19 bits per heavy atom. The second-order valence-corrected chi connectivity index (χ2v) is 8.16. The number of aliphatic hydroxyl groups is 1. The molecule has 1 aromatic carbocycles. The van der Waals surface area contributed by atoms with Gasteiger partial charge < -0.3 is 14.5 Å². The number of aromatic nitrogens is 1. The van der Waals surface area contributed by atoms with Crippen LogP contribution in [0, 0.1) is 5.82 Å². The topological polar surface area (TPSA) is 69.8 Å². The number of nitrogens with zero attached hydrogens (tertiary/aromatic N) is 3. The Hall–Kier alpha value is -1.35. The van der Waals surface area contributed by atoms with Gasteiger partial charge in [-0.05, 0) is 38.1 Å². The van der Waals surface area contributed by atoms with E-state index in [-0.39, 0.29) is 12.4 Å². The average Bonchev–Trinajstić information content (AvgIpc) is 3.06. The molecule has 1 aliphatic rings. The second-order valence-electron chi connectivity index (χ2n) is 6.60. The summed E-state index contributed by atoms with van der Waals surface area (Å²) in [7, 11) is -1.11. The first-order chi connectivity index (χ1) is 12.6. The fourth-order valence-electron chi connectivity index (χ4n) is 3.52. The molecule has 3 rings (SSSR count). The highest BCUT2D eigenvalue weighted by molar-refractivity contribution is 7.82. The summed E-state index contributed by atoms with van der Waals surface area (Å²) >= 11 is 0. The Labute approximate surface area is 155 Å². The molecule has 1 saturated heterocycles. The van der Waals surface area contributed by atoms with Crippen molar-refractivity contribution in [3.63, 3.8) is 0 Å². The van der Waals surface area contributed by atoms with Crippen molar-refractivity contribution >= 4 is 22.0 Å². The van der Waals surface area contributed by atoms with E-state index in [4.69, 9.17) is 9.63 Å². The molecular weight excluding hydrogens is 357 g/mol. The van der Waals surface area contributed by atoms with E-state index in [1.54, 1.807) is 6.07 Å². The largest absolute Gasteiger partial charge is 0.395 e. The van der Waals surface area contributed by atoms with Crippen LogP contribution in [0.25, 0.3) is 11.0 Å². The standard InChI is InChI=1S/C18H26FN3O3S/c1-2-22(26(24)12-11-23)10-9-21-7-5-14(6-8-21)18-16-4-3-15(19)13-17(16)25-20-18/h3-4,13-14,23H,2,5-12H2,1H3. The second kappa shape index (κ2) is 9.03. The van der Waals surface area contributed by atoms with E-state index in [1.165, 1.54) is 12.1 Å². The van der Waals surface area contributed by atoms with Gasteiger partial charge in [-0.25, -0.2) is 12.9 Å². The van der Waals surface area contributed by atoms with Crippen molar-refractivity contribution in [2.75, 3.05) is 45.1 Å². The van der Waals surface area contributed by atoms with E-state index in [0.717, 1.165) is 50.1 Å². The normalized spacial score (nSPS) is 18.0. The van der Waals surface area contributed by atoms with Crippen molar-refractivity contribution in [2.45, 2.75) is 25.7 Å². The smallest absolute Gasteiger partial charge is 0.170 e. The van der Waals surface area contributed by atoms with Gasteiger partial charge in [0.25, 0.3) is 0 Å². The summed E-state index contributed by atoms with van der Waals surface area (Å²) in [5.74, 6) is 0.313. The molecule has 1 fully saturated rings. The lowest BCUT2D eigenvalue weighted by atomic mass is 9.91. The lowest BCUT2D eigenvalue weighted by Crippen LogP contribution is -2.40. The molecule has 0 spiro atoms. The molecule has 2 heterocycles. The third kappa shape index (κ3) is 4.49. The van der Waals surface area contributed by atoms with Crippen LogP contribution in [0.4, 0.5) is 4.39 Å². The monoisotopic (exact) mass is 383 g/mol. The molecule has 1 aliphatic heterocycles. The molecule has 144 valence electrons. The minimum atomic E-state index is -1.11. The molecular formula is C18H26FN3O3S. The molecule has 1 N–H and O–H groups in total. The summed E-state index contributed by atoms with van der Waals surface area (Å²) in [5.41, 5.74) is 1.44. The van der Waals surface area contributed by atoms with Gasteiger partial charge in [-0.1, -0.05) is 12.1 Å². The van der Waals surface area contributed by atoms with Gasteiger partial charge in [0.15, 0.2) is 5.58 Å². The van der Waals surface area contributed by atoms with Crippen LogP contribution in [-0.4, -0.2) is 68.8 Å². The lowest BCUT2D eigenvalue weighted by molar-refractivity contribution is 0.198. The number of fused-ring (bicyclic) bond motifs is 1. The molecule has 0 aliphatic carbocycles. The Kier molecular flexibility index (Phi) is 6.74. The number of likely N-dealkylation sites (N-methyl/N-ethyl adjacent to an activating group) is 1. The summed E-state index contributed by atoms with van der Waals surface area (Å²) in [5, 5.41) is 14.0. The van der Waals surface area contributed by atoms with Crippen molar-refractivity contribution in [1.82, 2.24) is 14.4 Å². The van der Waals surface area contributed by atoms with Crippen LogP contribution in [0.5, 0.6) is 0 Å². The van der Waals surface area contributed by atoms with Gasteiger partial charge in [0.1, 0.15) is 5.82 Å². The maximum absolute atomic E-state index is 13.3. The summed E-state index contributed by atoms with van der Waals surface area (Å²) in [6.45, 7) is 6.14. The number of hydrogen-bond acceptors (Lipinski definition) is 5. The van der Waals surface area contributed by atoms with Crippen LogP contribution in [0.15, 0.2) is 22.7 Å². The molecule has 26 heavy (non-hydrogen) atoms. The minimum Gasteiger partial charge on any atom is -0.395 e. The van der Waals surface area contributed by atoms with Crippen LogP contribution in [0.1, 0.15) is 31.4 Å². The van der Waals surface area contributed by atoms with E-state index in [9.17, 15) is 8.60 Å². The van der Waals surface area contributed by atoms with E-state index in [2.05, 4.69) is 10.1 Å². The number of hydrogen-bond donors (Lipinski definition) is 1. The summed E-state index contributed by atoms with van der Waals surface area (Å²) in [6, 6.07) is 4.58. The Balaban J connectivity index is 1.53. The zero-order valence-electron chi connectivity index (χ0n) is 15.1. The first-order valence-corrected chi connectivity index (χ1v) is 10.4. The van der Waals surface area contributed by atoms with Gasteiger partial charge in [-0.2, -0.15) is 0 Å². The average molecular weight is 383 g/mol. The maximum atomic E-state index is 13.3. The Morgan fingerprint density at radius 1 is 1.42 bits per heavy atom. The van der Waals surface area contributed by atoms with Gasteiger partial charge in [-0.15, -0.1) is 0 Å². The molecule has 8 heteroatoms. The first kappa shape index (κ1) is 19.4. The van der Waals surface area contributed by atoms with Crippen LogP contribution in [0.2, 0.25) is 0 Å². The highest BCUT2D eigenvalue weighted by Gasteiger charge is 2.25. The van der Waals surface area contributed by atoms with Gasteiger partial charge in [0, 0.05) is 37.0 Å². The van der Waals surface area contributed by atoms with E-state index < -0.39 is 11.0 Å². The number of rotatable bonds is 8. The van der Waals surface area contributed by atoms with E-state index >= 15 is 0 Å². The molecule has 0 radical (unpaired) electrons. The fraction of sp³-hybridized carbons (Fsp3) is 0.611. The molecule has 1 unspecified atom stereocenters. The van der Waals surface area contributed by atoms with E-state index in [0.29, 0.717) is 23.8 Å². The number of benzene rings is 1. The third-order valence-electron chi connectivity index (χ3n) is 5.01. The molecule has 1 atom stereocenters. The Bertz CT molecular complexity index is 746.